The summed E-state index contributed by atoms with van der Waals surface area (Å²) in [6.45, 7) is 0. The van der Waals surface area contributed by atoms with Gasteiger partial charge in [0.1, 0.15) is 5.82 Å². The summed E-state index contributed by atoms with van der Waals surface area (Å²) < 4.78 is 14.5. The van der Waals surface area contributed by atoms with Gasteiger partial charge in [-0.05, 0) is 42.5 Å². The van der Waals surface area contributed by atoms with Crippen molar-refractivity contribution in [3.8, 4) is 0 Å². The molecule has 1 aromatic carbocycles. The Morgan fingerprint density at radius 2 is 2.06 bits per heavy atom. The Morgan fingerprint density at radius 1 is 1.35 bits per heavy atom. The molecule has 1 unspecified atom stereocenters. The molecule has 0 heterocycles. The minimum atomic E-state index is -0.143. The van der Waals surface area contributed by atoms with Crippen LogP contribution >= 0.6 is 15.9 Å². The molecule has 1 aliphatic rings. The molecule has 1 aromatic rings. The molecule has 1 fully saturated rings. The van der Waals surface area contributed by atoms with E-state index in [1.54, 1.807) is 6.07 Å². The zero-order valence-electron chi connectivity index (χ0n) is 9.96. The second-order valence-electron chi connectivity index (χ2n) is 5.09. The van der Waals surface area contributed by atoms with E-state index in [0.717, 1.165) is 22.4 Å². The van der Waals surface area contributed by atoms with Crippen LogP contribution < -0.4 is 5.73 Å². The third kappa shape index (κ3) is 3.78. The molecule has 1 atom stereocenters. The van der Waals surface area contributed by atoms with Crippen LogP contribution in [0.5, 0.6) is 0 Å². The highest BCUT2D eigenvalue weighted by Gasteiger charge is 2.19. The lowest BCUT2D eigenvalue weighted by atomic mass is 9.94. The Morgan fingerprint density at radius 3 is 2.76 bits per heavy atom. The zero-order valence-corrected chi connectivity index (χ0v) is 11.5. The summed E-state index contributed by atoms with van der Waals surface area (Å²) in [5.41, 5.74) is 6.85. The van der Waals surface area contributed by atoms with Crippen molar-refractivity contribution in [3.05, 3.63) is 34.1 Å². The van der Waals surface area contributed by atoms with E-state index in [0.29, 0.717) is 6.42 Å². The molecule has 0 radical (unpaired) electrons. The van der Waals surface area contributed by atoms with E-state index < -0.39 is 0 Å². The van der Waals surface area contributed by atoms with Gasteiger partial charge in [-0.1, -0.05) is 41.6 Å². The maximum Gasteiger partial charge on any atom is 0.126 e. The molecule has 2 N–H and O–H groups in total. The van der Waals surface area contributed by atoms with Crippen LogP contribution in [0.1, 0.15) is 37.7 Å². The largest absolute Gasteiger partial charge is 0.327 e. The van der Waals surface area contributed by atoms with Crippen molar-refractivity contribution < 1.29 is 4.39 Å². The van der Waals surface area contributed by atoms with E-state index in [-0.39, 0.29) is 11.9 Å². The van der Waals surface area contributed by atoms with Gasteiger partial charge in [0, 0.05) is 10.5 Å². The van der Waals surface area contributed by atoms with Crippen LogP contribution in [-0.2, 0) is 6.42 Å². The summed E-state index contributed by atoms with van der Waals surface area (Å²) in [6.07, 6.45) is 6.95. The number of hydrogen-bond acceptors (Lipinski definition) is 1. The van der Waals surface area contributed by atoms with Gasteiger partial charge in [0.25, 0.3) is 0 Å². The molecule has 3 heteroatoms. The van der Waals surface area contributed by atoms with E-state index >= 15 is 0 Å². The van der Waals surface area contributed by atoms with Gasteiger partial charge in [0.05, 0.1) is 0 Å². The van der Waals surface area contributed by atoms with Gasteiger partial charge in [-0.2, -0.15) is 0 Å². The molecule has 1 aliphatic carbocycles. The third-order valence-electron chi connectivity index (χ3n) is 3.60. The first kappa shape index (κ1) is 13.0. The molecule has 0 aliphatic heterocycles. The first-order chi connectivity index (χ1) is 8.15. The second-order valence-corrected chi connectivity index (χ2v) is 6.00. The highest BCUT2D eigenvalue weighted by molar-refractivity contribution is 9.10. The van der Waals surface area contributed by atoms with Crippen LogP contribution in [0.3, 0.4) is 0 Å². The zero-order chi connectivity index (χ0) is 12.3. The number of rotatable bonds is 4. The topological polar surface area (TPSA) is 26.0 Å². The normalized spacial score (nSPS) is 18.5. The molecule has 0 spiro atoms. The highest BCUT2D eigenvalue weighted by Crippen LogP contribution is 2.29. The Hall–Kier alpha value is -0.410. The fourth-order valence-electron chi connectivity index (χ4n) is 2.74. The number of nitrogens with two attached hydrogens (primary N) is 1. The van der Waals surface area contributed by atoms with Crippen molar-refractivity contribution in [1.82, 2.24) is 0 Å². The summed E-state index contributed by atoms with van der Waals surface area (Å²) in [5.74, 6) is 0.621. The van der Waals surface area contributed by atoms with Gasteiger partial charge in [-0.3, -0.25) is 0 Å². The molecule has 1 nitrogen and oxygen atoms in total. The monoisotopic (exact) mass is 299 g/mol. The first-order valence-corrected chi connectivity index (χ1v) is 7.14. The molecule has 0 amide bonds. The lowest BCUT2D eigenvalue weighted by Gasteiger charge is -2.16. The summed E-state index contributed by atoms with van der Waals surface area (Å²) in [7, 11) is 0. The van der Waals surface area contributed by atoms with Crippen molar-refractivity contribution in [2.45, 2.75) is 44.6 Å². The molecular weight excluding hydrogens is 281 g/mol. The standard InChI is InChI=1S/C14H19BrFN/c15-12-5-6-14(16)11(8-12)9-13(17)7-10-3-1-2-4-10/h5-6,8,10,13H,1-4,7,9,17H2. The average Bonchev–Trinajstić information content (AvgIpc) is 2.76. The third-order valence-corrected chi connectivity index (χ3v) is 4.09. The minimum Gasteiger partial charge on any atom is -0.327 e. The summed E-state index contributed by atoms with van der Waals surface area (Å²) in [5, 5.41) is 0. The van der Waals surface area contributed by atoms with Gasteiger partial charge in [-0.15, -0.1) is 0 Å². The fourth-order valence-corrected chi connectivity index (χ4v) is 3.15. The van der Waals surface area contributed by atoms with Crippen LogP contribution in [0.25, 0.3) is 0 Å². The first-order valence-electron chi connectivity index (χ1n) is 6.34. The predicted molar refractivity (Wildman–Crippen MR) is 72.4 cm³/mol. The summed E-state index contributed by atoms with van der Waals surface area (Å²) in [6, 6.07) is 5.15. The van der Waals surface area contributed by atoms with Gasteiger partial charge >= 0.3 is 0 Å². The van der Waals surface area contributed by atoms with E-state index in [1.807, 2.05) is 6.07 Å². The van der Waals surface area contributed by atoms with Gasteiger partial charge in [-0.25, -0.2) is 4.39 Å². The molecule has 94 valence electrons. The highest BCUT2D eigenvalue weighted by atomic mass is 79.9. The van der Waals surface area contributed by atoms with Crippen molar-refractivity contribution in [3.63, 3.8) is 0 Å². The molecule has 1 saturated carbocycles. The van der Waals surface area contributed by atoms with Crippen molar-refractivity contribution in [1.29, 1.82) is 0 Å². The van der Waals surface area contributed by atoms with Crippen molar-refractivity contribution in [2.24, 2.45) is 11.7 Å². The molecule has 0 aromatic heterocycles. The SMILES string of the molecule is NC(Cc1cc(Br)ccc1F)CC1CCCC1. The van der Waals surface area contributed by atoms with Crippen molar-refractivity contribution >= 4 is 15.9 Å². The van der Waals surface area contributed by atoms with Crippen LogP contribution in [0, 0.1) is 11.7 Å². The van der Waals surface area contributed by atoms with Crippen LogP contribution in [-0.4, -0.2) is 6.04 Å². The maximum atomic E-state index is 13.6. The van der Waals surface area contributed by atoms with Gasteiger partial charge in [0.15, 0.2) is 0 Å². The van der Waals surface area contributed by atoms with E-state index in [2.05, 4.69) is 15.9 Å². The van der Waals surface area contributed by atoms with E-state index in [4.69, 9.17) is 5.73 Å². The quantitative estimate of drug-likeness (QED) is 0.892. The van der Waals surface area contributed by atoms with Crippen LogP contribution in [0.4, 0.5) is 4.39 Å². The predicted octanol–water partition coefficient (Wildman–Crippen LogP) is 4.04. The summed E-state index contributed by atoms with van der Waals surface area (Å²) in [4.78, 5) is 0. The molecule has 0 saturated heterocycles. The average molecular weight is 300 g/mol. The Balaban J connectivity index is 1.92. The van der Waals surface area contributed by atoms with Gasteiger partial charge < -0.3 is 5.73 Å². The maximum absolute atomic E-state index is 13.6. The molecule has 2 rings (SSSR count). The van der Waals surface area contributed by atoms with Crippen LogP contribution in [0.15, 0.2) is 22.7 Å². The minimum absolute atomic E-state index is 0.0851. The fraction of sp³-hybridized carbons (Fsp3) is 0.571. The molecule has 0 bridgehead atoms. The van der Waals surface area contributed by atoms with Crippen LogP contribution in [0.2, 0.25) is 0 Å². The second kappa shape index (κ2) is 5.96. The Kier molecular flexibility index (Phi) is 4.57. The van der Waals surface area contributed by atoms with Gasteiger partial charge in [0.2, 0.25) is 0 Å². The molecular formula is C14H19BrFN. The smallest absolute Gasteiger partial charge is 0.126 e. The summed E-state index contributed by atoms with van der Waals surface area (Å²) >= 11 is 3.37. The van der Waals surface area contributed by atoms with E-state index in [1.165, 1.54) is 31.7 Å². The Bertz CT molecular complexity index is 374. The molecule has 17 heavy (non-hydrogen) atoms. The number of benzene rings is 1. The lowest BCUT2D eigenvalue weighted by Crippen LogP contribution is -2.25. The number of hydrogen-bond donors (Lipinski definition) is 1. The Labute approximate surface area is 111 Å². The number of halogens is 2. The van der Waals surface area contributed by atoms with E-state index in [9.17, 15) is 4.39 Å². The van der Waals surface area contributed by atoms with Crippen molar-refractivity contribution in [2.75, 3.05) is 0 Å². The lowest BCUT2D eigenvalue weighted by molar-refractivity contribution is 0.436.